The Hall–Kier alpha value is -2.80. The summed E-state index contributed by atoms with van der Waals surface area (Å²) in [6, 6.07) is 13.0. The molecule has 7 heteroatoms. The van der Waals surface area contributed by atoms with Gasteiger partial charge in [0.1, 0.15) is 0 Å². The molecular formula is C19H21N3O3S. The van der Waals surface area contributed by atoms with E-state index < -0.39 is 10.2 Å². The highest BCUT2D eigenvalue weighted by molar-refractivity contribution is 7.94. The van der Waals surface area contributed by atoms with Crippen LogP contribution in [-0.4, -0.2) is 28.4 Å². The van der Waals surface area contributed by atoms with E-state index in [1.54, 1.807) is 19.1 Å². The second-order valence-corrected chi connectivity index (χ2v) is 8.28. The lowest BCUT2D eigenvalue weighted by Gasteiger charge is -2.13. The van der Waals surface area contributed by atoms with Crippen molar-refractivity contribution < 1.29 is 13.2 Å². The van der Waals surface area contributed by atoms with E-state index in [0.717, 1.165) is 11.1 Å². The Labute approximate surface area is 153 Å². The van der Waals surface area contributed by atoms with Crippen LogP contribution in [0.3, 0.4) is 0 Å². The summed E-state index contributed by atoms with van der Waals surface area (Å²) in [7, 11) is -0.524. The van der Waals surface area contributed by atoms with Crippen LogP contribution >= 0.6 is 0 Å². The molecule has 1 amide bonds. The molecule has 2 aromatic rings. The van der Waals surface area contributed by atoms with Crippen LogP contribution in [-0.2, 0) is 15.0 Å². The molecule has 136 valence electrons. The summed E-state index contributed by atoms with van der Waals surface area (Å²) in [5, 5.41) is 2.88. The number of hydrogen-bond donors (Lipinski definition) is 1. The molecule has 3 rings (SSSR count). The fourth-order valence-corrected chi connectivity index (χ4v) is 4.00. The minimum absolute atomic E-state index is 0.228. The van der Waals surface area contributed by atoms with Crippen LogP contribution in [0.5, 0.6) is 0 Å². The summed E-state index contributed by atoms with van der Waals surface area (Å²) < 4.78 is 27.0. The van der Waals surface area contributed by atoms with Gasteiger partial charge in [0.25, 0.3) is 5.91 Å². The van der Waals surface area contributed by atoms with Crippen LogP contribution in [0.1, 0.15) is 18.1 Å². The summed E-state index contributed by atoms with van der Waals surface area (Å²) in [4.78, 5) is 12.5. The van der Waals surface area contributed by atoms with E-state index in [1.165, 1.54) is 22.7 Å². The third-order valence-corrected chi connectivity index (χ3v) is 6.26. The third-order valence-electron chi connectivity index (χ3n) is 4.48. The van der Waals surface area contributed by atoms with Gasteiger partial charge in [-0.25, -0.2) is 0 Å². The van der Waals surface area contributed by atoms with Crippen molar-refractivity contribution in [3.63, 3.8) is 0 Å². The molecule has 0 spiro atoms. The average Bonchev–Trinajstić information content (AvgIpc) is 2.77. The van der Waals surface area contributed by atoms with E-state index in [4.69, 9.17) is 0 Å². The lowest BCUT2D eigenvalue weighted by atomic mass is 10.1. The quantitative estimate of drug-likeness (QED) is 0.843. The first kappa shape index (κ1) is 18.0. The maximum absolute atomic E-state index is 12.5. The molecule has 2 aromatic carbocycles. The lowest BCUT2D eigenvalue weighted by Crippen LogP contribution is -2.32. The van der Waals surface area contributed by atoms with Gasteiger partial charge in [-0.15, -0.1) is 0 Å². The normalized spacial score (nSPS) is 15.8. The molecule has 0 radical (unpaired) electrons. The van der Waals surface area contributed by atoms with Gasteiger partial charge in [-0.05, 0) is 43.2 Å². The molecule has 0 atom stereocenters. The molecule has 0 unspecified atom stereocenters. The van der Waals surface area contributed by atoms with E-state index in [-0.39, 0.29) is 5.91 Å². The summed E-state index contributed by atoms with van der Waals surface area (Å²) >= 11 is 0. The van der Waals surface area contributed by atoms with Gasteiger partial charge in [0.15, 0.2) is 0 Å². The van der Waals surface area contributed by atoms with Crippen molar-refractivity contribution in [3.05, 3.63) is 59.2 Å². The highest BCUT2D eigenvalue weighted by atomic mass is 32.2. The molecule has 26 heavy (non-hydrogen) atoms. The Morgan fingerprint density at radius 1 is 1.04 bits per heavy atom. The van der Waals surface area contributed by atoms with E-state index in [1.807, 2.05) is 43.3 Å². The molecule has 1 aliphatic heterocycles. The first-order chi connectivity index (χ1) is 12.2. The molecule has 0 aliphatic carbocycles. The second kappa shape index (κ2) is 6.49. The zero-order chi connectivity index (χ0) is 19.1. The van der Waals surface area contributed by atoms with Crippen molar-refractivity contribution >= 4 is 39.3 Å². The second-order valence-electron chi connectivity index (χ2n) is 6.29. The molecule has 0 saturated heterocycles. The third kappa shape index (κ3) is 3.06. The van der Waals surface area contributed by atoms with E-state index in [9.17, 15) is 13.2 Å². The number of fused-ring (bicyclic) bond motifs is 1. The fourth-order valence-electron chi connectivity index (χ4n) is 2.84. The number of amides is 1. The highest BCUT2D eigenvalue weighted by Crippen LogP contribution is 2.42. The standard InChI is InChI=1S/C19H21N3O3S/c1-13-11-17-18(22(4)26(24,25)21(17)3)12-16(13)20-19(23)14(2)10-15-8-6-5-7-9-15/h5-12H,1-4H3,(H,20,23). The minimum Gasteiger partial charge on any atom is -0.322 e. The van der Waals surface area contributed by atoms with Gasteiger partial charge in [-0.1, -0.05) is 30.3 Å². The summed E-state index contributed by atoms with van der Waals surface area (Å²) in [5.41, 5.74) is 4.03. The zero-order valence-electron chi connectivity index (χ0n) is 15.1. The number of hydrogen-bond acceptors (Lipinski definition) is 3. The Bertz CT molecular complexity index is 998. The lowest BCUT2D eigenvalue weighted by molar-refractivity contribution is -0.112. The number of anilines is 3. The van der Waals surface area contributed by atoms with Crippen LogP contribution in [0, 0.1) is 6.92 Å². The van der Waals surface area contributed by atoms with Crippen molar-refractivity contribution in [2.75, 3.05) is 28.0 Å². The predicted octanol–water partition coefficient (Wildman–Crippen LogP) is 3.17. The first-order valence-corrected chi connectivity index (χ1v) is 9.53. The number of rotatable bonds is 3. The van der Waals surface area contributed by atoms with Crippen LogP contribution in [0.2, 0.25) is 0 Å². The maximum Gasteiger partial charge on any atom is 0.326 e. The predicted molar refractivity (Wildman–Crippen MR) is 106 cm³/mol. The summed E-state index contributed by atoms with van der Waals surface area (Å²) in [6.07, 6.45) is 1.81. The Morgan fingerprint density at radius 3 is 2.23 bits per heavy atom. The highest BCUT2D eigenvalue weighted by Gasteiger charge is 2.36. The van der Waals surface area contributed by atoms with Crippen molar-refractivity contribution in [1.29, 1.82) is 0 Å². The van der Waals surface area contributed by atoms with Crippen LogP contribution in [0.25, 0.3) is 6.08 Å². The number of aryl methyl sites for hydroxylation is 1. The van der Waals surface area contributed by atoms with Gasteiger partial charge < -0.3 is 5.32 Å². The first-order valence-electron chi connectivity index (χ1n) is 8.14. The Kier molecular flexibility index (Phi) is 4.50. The Balaban J connectivity index is 1.89. The van der Waals surface area contributed by atoms with Crippen LogP contribution < -0.4 is 13.9 Å². The van der Waals surface area contributed by atoms with Gasteiger partial charge >= 0.3 is 10.2 Å². The summed E-state index contributed by atoms with van der Waals surface area (Å²) in [5.74, 6) is -0.228. The average molecular weight is 371 g/mol. The SMILES string of the molecule is CC(=Cc1ccccc1)C(=O)Nc1cc2c(cc1C)N(C)S(=O)(=O)N2C. The van der Waals surface area contributed by atoms with Gasteiger partial charge in [-0.3, -0.25) is 13.4 Å². The van der Waals surface area contributed by atoms with Crippen LogP contribution in [0.15, 0.2) is 48.0 Å². The van der Waals surface area contributed by atoms with Crippen molar-refractivity contribution in [2.45, 2.75) is 13.8 Å². The number of nitrogens with one attached hydrogen (secondary N) is 1. The molecule has 0 fully saturated rings. The minimum atomic E-state index is -3.54. The number of carbonyl (C=O) groups excluding carboxylic acids is 1. The molecule has 0 aromatic heterocycles. The summed E-state index contributed by atoms with van der Waals surface area (Å²) in [6.45, 7) is 3.58. The van der Waals surface area contributed by atoms with Crippen molar-refractivity contribution in [3.8, 4) is 0 Å². The Morgan fingerprint density at radius 2 is 1.62 bits per heavy atom. The molecule has 1 heterocycles. The van der Waals surface area contributed by atoms with Crippen LogP contribution in [0.4, 0.5) is 17.1 Å². The van der Waals surface area contributed by atoms with Crippen molar-refractivity contribution in [2.24, 2.45) is 0 Å². The maximum atomic E-state index is 12.5. The topological polar surface area (TPSA) is 69.7 Å². The number of carbonyl (C=O) groups is 1. The molecule has 1 N–H and O–H groups in total. The molecule has 0 saturated carbocycles. The van der Waals surface area contributed by atoms with Gasteiger partial charge in [0.2, 0.25) is 0 Å². The monoisotopic (exact) mass is 371 g/mol. The number of nitrogens with zero attached hydrogens (tertiary/aromatic N) is 2. The molecular weight excluding hydrogens is 350 g/mol. The van der Waals surface area contributed by atoms with E-state index >= 15 is 0 Å². The van der Waals surface area contributed by atoms with Gasteiger partial charge in [0, 0.05) is 25.4 Å². The molecule has 0 bridgehead atoms. The van der Waals surface area contributed by atoms with E-state index in [0.29, 0.717) is 22.6 Å². The van der Waals surface area contributed by atoms with E-state index in [2.05, 4.69) is 5.32 Å². The molecule has 6 nitrogen and oxygen atoms in total. The zero-order valence-corrected chi connectivity index (χ0v) is 16.0. The largest absolute Gasteiger partial charge is 0.326 e. The fraction of sp³-hybridized carbons (Fsp3) is 0.211. The number of benzene rings is 2. The van der Waals surface area contributed by atoms with Crippen molar-refractivity contribution in [1.82, 2.24) is 0 Å². The molecule has 1 aliphatic rings. The van der Waals surface area contributed by atoms with Gasteiger partial charge in [0.05, 0.1) is 11.4 Å². The van der Waals surface area contributed by atoms with Gasteiger partial charge in [-0.2, -0.15) is 8.42 Å². The smallest absolute Gasteiger partial charge is 0.322 e.